The lowest BCUT2D eigenvalue weighted by Gasteiger charge is -2.37. The molecule has 4 rings (SSSR count). The highest BCUT2D eigenvalue weighted by Gasteiger charge is 2.38. The van der Waals surface area contributed by atoms with Crippen LogP contribution in [0.3, 0.4) is 0 Å². The Bertz CT molecular complexity index is 748. The van der Waals surface area contributed by atoms with Gasteiger partial charge in [-0.25, -0.2) is 9.37 Å². The van der Waals surface area contributed by atoms with E-state index >= 15 is 0 Å². The van der Waals surface area contributed by atoms with E-state index in [1.807, 2.05) is 16.3 Å². The van der Waals surface area contributed by atoms with Crippen LogP contribution in [0.1, 0.15) is 25.0 Å². The fraction of sp³-hybridized carbons (Fsp3) is 0.444. The van der Waals surface area contributed by atoms with E-state index in [9.17, 15) is 9.18 Å². The van der Waals surface area contributed by atoms with Crippen LogP contribution >= 0.6 is 11.3 Å². The van der Waals surface area contributed by atoms with Crippen molar-refractivity contribution in [2.45, 2.75) is 37.8 Å². The molecule has 0 bridgehead atoms. The summed E-state index contributed by atoms with van der Waals surface area (Å²) in [4.78, 5) is 19.2. The van der Waals surface area contributed by atoms with Crippen molar-refractivity contribution in [3.05, 3.63) is 41.2 Å². The van der Waals surface area contributed by atoms with E-state index in [1.165, 1.54) is 23.5 Å². The van der Waals surface area contributed by atoms with Crippen molar-refractivity contribution in [1.82, 2.24) is 9.88 Å². The molecule has 4 nitrogen and oxygen atoms in total. The Kier molecular flexibility index (Phi) is 4.33. The lowest BCUT2D eigenvalue weighted by atomic mass is 10.1. The monoisotopic (exact) mass is 346 g/mol. The van der Waals surface area contributed by atoms with Crippen LogP contribution in [0.4, 0.5) is 4.39 Å². The molecule has 2 aromatic rings. The van der Waals surface area contributed by atoms with Gasteiger partial charge in [0.1, 0.15) is 10.8 Å². The Labute approximate surface area is 144 Å². The molecule has 6 heteroatoms. The van der Waals surface area contributed by atoms with Crippen LogP contribution in [-0.4, -0.2) is 41.1 Å². The topological polar surface area (TPSA) is 42.4 Å². The average molecular weight is 346 g/mol. The number of rotatable bonds is 3. The van der Waals surface area contributed by atoms with E-state index < -0.39 is 0 Å². The summed E-state index contributed by atoms with van der Waals surface area (Å²) in [6, 6.07) is 6.62. The summed E-state index contributed by atoms with van der Waals surface area (Å²) in [6.45, 7) is 1.29. The highest BCUT2D eigenvalue weighted by Crippen LogP contribution is 2.30. The Morgan fingerprint density at radius 3 is 3.21 bits per heavy atom. The molecule has 2 heterocycles. The second-order valence-corrected chi connectivity index (χ2v) is 7.18. The van der Waals surface area contributed by atoms with Crippen LogP contribution in [0.25, 0.3) is 10.6 Å². The van der Waals surface area contributed by atoms with Gasteiger partial charge in [-0.2, -0.15) is 0 Å². The van der Waals surface area contributed by atoms with Crippen LogP contribution in [0.5, 0.6) is 0 Å². The molecule has 1 aliphatic carbocycles. The van der Waals surface area contributed by atoms with Gasteiger partial charge in [-0.05, 0) is 31.4 Å². The minimum Gasteiger partial charge on any atom is -0.374 e. The largest absolute Gasteiger partial charge is 0.374 e. The molecule has 1 aromatic heterocycles. The maximum absolute atomic E-state index is 13.3. The second-order valence-electron chi connectivity index (χ2n) is 6.33. The van der Waals surface area contributed by atoms with Gasteiger partial charge in [0.05, 0.1) is 30.9 Å². The first-order valence-electron chi connectivity index (χ1n) is 8.32. The smallest absolute Gasteiger partial charge is 0.229 e. The van der Waals surface area contributed by atoms with Crippen LogP contribution < -0.4 is 0 Å². The summed E-state index contributed by atoms with van der Waals surface area (Å²) in [5.74, 6) is -0.160. The molecule has 0 unspecified atom stereocenters. The molecule has 1 amide bonds. The van der Waals surface area contributed by atoms with Crippen molar-refractivity contribution < 1.29 is 13.9 Å². The number of morpholine rings is 1. The molecule has 126 valence electrons. The molecule has 24 heavy (non-hydrogen) atoms. The highest BCUT2D eigenvalue weighted by molar-refractivity contribution is 7.13. The van der Waals surface area contributed by atoms with E-state index in [2.05, 4.69) is 4.98 Å². The van der Waals surface area contributed by atoms with Crippen molar-refractivity contribution in [2.75, 3.05) is 13.2 Å². The molecule has 1 saturated carbocycles. The summed E-state index contributed by atoms with van der Waals surface area (Å²) >= 11 is 1.45. The first kappa shape index (κ1) is 15.7. The summed E-state index contributed by atoms with van der Waals surface area (Å²) in [6.07, 6.45) is 3.71. The number of ether oxygens (including phenoxy) is 1. The van der Waals surface area contributed by atoms with Crippen LogP contribution in [0.15, 0.2) is 29.6 Å². The quantitative estimate of drug-likeness (QED) is 0.857. The van der Waals surface area contributed by atoms with Gasteiger partial charge in [0, 0.05) is 17.5 Å². The fourth-order valence-electron chi connectivity index (χ4n) is 3.63. The highest BCUT2D eigenvalue weighted by atomic mass is 32.1. The SMILES string of the molecule is O=C(Cc1csc(-c2cccc(F)c2)n1)N1CCO[C@@H]2CCC[C@@H]21. The fourth-order valence-corrected chi connectivity index (χ4v) is 4.45. The van der Waals surface area contributed by atoms with Crippen LogP contribution in [0, 0.1) is 5.82 Å². The number of hydrogen-bond acceptors (Lipinski definition) is 4. The van der Waals surface area contributed by atoms with Gasteiger partial charge in [-0.15, -0.1) is 11.3 Å². The normalized spacial score (nSPS) is 23.3. The number of fused-ring (bicyclic) bond motifs is 1. The van der Waals surface area contributed by atoms with Crippen molar-refractivity contribution in [3.63, 3.8) is 0 Å². The lowest BCUT2D eigenvalue weighted by Crippen LogP contribution is -2.51. The predicted octanol–water partition coefficient (Wildman–Crippen LogP) is 3.27. The van der Waals surface area contributed by atoms with Gasteiger partial charge in [-0.3, -0.25) is 4.79 Å². The lowest BCUT2D eigenvalue weighted by molar-refractivity contribution is -0.143. The molecular weight excluding hydrogens is 327 g/mol. The Balaban J connectivity index is 1.46. The molecule has 1 saturated heterocycles. The number of amides is 1. The molecular formula is C18H19FN2O2S. The van der Waals surface area contributed by atoms with Gasteiger partial charge in [0.15, 0.2) is 0 Å². The standard InChI is InChI=1S/C18H19FN2O2S/c19-13-4-1-3-12(9-13)18-20-14(11-24-18)10-17(22)21-7-8-23-16-6-2-5-15(16)21/h1,3-4,9,11,15-16H,2,5-8,10H2/t15-,16+/m0/s1. The van der Waals surface area contributed by atoms with Gasteiger partial charge in [-0.1, -0.05) is 12.1 Å². The molecule has 1 aromatic carbocycles. The summed E-state index contributed by atoms with van der Waals surface area (Å²) in [5.41, 5.74) is 1.51. The summed E-state index contributed by atoms with van der Waals surface area (Å²) in [5, 5.41) is 2.64. The first-order valence-corrected chi connectivity index (χ1v) is 9.20. The number of carbonyl (C=O) groups is 1. The van der Waals surface area contributed by atoms with Gasteiger partial charge in [0.25, 0.3) is 0 Å². The second kappa shape index (κ2) is 6.61. The maximum atomic E-state index is 13.3. The number of aromatic nitrogens is 1. The van der Waals surface area contributed by atoms with E-state index in [0.717, 1.165) is 35.5 Å². The van der Waals surface area contributed by atoms with E-state index in [-0.39, 0.29) is 23.9 Å². The predicted molar refractivity (Wildman–Crippen MR) is 90.3 cm³/mol. The summed E-state index contributed by atoms with van der Waals surface area (Å²) < 4.78 is 19.1. The summed E-state index contributed by atoms with van der Waals surface area (Å²) in [7, 11) is 0. The molecule has 0 N–H and O–H groups in total. The minimum atomic E-state index is -0.277. The Morgan fingerprint density at radius 2 is 2.33 bits per heavy atom. The van der Waals surface area contributed by atoms with Crippen molar-refractivity contribution in [2.24, 2.45) is 0 Å². The van der Waals surface area contributed by atoms with E-state index in [0.29, 0.717) is 19.6 Å². The van der Waals surface area contributed by atoms with Crippen molar-refractivity contribution in [3.8, 4) is 10.6 Å². The third-order valence-electron chi connectivity index (χ3n) is 4.76. The molecule has 0 radical (unpaired) electrons. The minimum absolute atomic E-state index is 0.117. The Morgan fingerprint density at radius 1 is 1.42 bits per heavy atom. The molecule has 2 aliphatic rings. The van der Waals surface area contributed by atoms with Crippen LogP contribution in [0.2, 0.25) is 0 Å². The number of carbonyl (C=O) groups excluding carboxylic acids is 1. The number of nitrogens with zero attached hydrogens (tertiary/aromatic N) is 2. The molecule has 1 aliphatic heterocycles. The van der Waals surface area contributed by atoms with Crippen LogP contribution in [-0.2, 0) is 16.0 Å². The average Bonchev–Trinajstić information content (AvgIpc) is 3.23. The molecule has 2 fully saturated rings. The van der Waals surface area contributed by atoms with Gasteiger partial charge in [0.2, 0.25) is 5.91 Å². The number of halogens is 1. The van der Waals surface area contributed by atoms with Crippen molar-refractivity contribution in [1.29, 1.82) is 0 Å². The number of hydrogen-bond donors (Lipinski definition) is 0. The Hall–Kier alpha value is -1.79. The van der Waals surface area contributed by atoms with Gasteiger partial charge < -0.3 is 9.64 Å². The third-order valence-corrected chi connectivity index (χ3v) is 5.70. The number of thiazole rings is 1. The maximum Gasteiger partial charge on any atom is 0.229 e. The number of benzene rings is 1. The zero-order chi connectivity index (χ0) is 16.5. The zero-order valence-corrected chi connectivity index (χ0v) is 14.1. The van der Waals surface area contributed by atoms with Crippen molar-refractivity contribution >= 4 is 17.2 Å². The third kappa shape index (κ3) is 3.08. The molecule has 0 spiro atoms. The van der Waals surface area contributed by atoms with Gasteiger partial charge >= 0.3 is 0 Å². The van der Waals surface area contributed by atoms with E-state index in [1.54, 1.807) is 6.07 Å². The molecule has 2 atom stereocenters. The zero-order valence-electron chi connectivity index (χ0n) is 13.3. The first-order chi connectivity index (χ1) is 11.7. The van der Waals surface area contributed by atoms with E-state index in [4.69, 9.17) is 4.74 Å².